The maximum atomic E-state index is 12.7. The standard InChI is InChI=1S/C20H21ClN4O3/c1-12(2)25-13(3)7-8-16(20(25)27)19-23-18(28-24-19)10-9-17(26)22-15-6-4-5-14(21)11-15/h4-8,11-12H,9-10H2,1-3H3,(H,22,26). The van der Waals surface area contributed by atoms with Crippen LogP contribution in [-0.2, 0) is 11.2 Å². The molecule has 0 atom stereocenters. The number of hydrogen-bond acceptors (Lipinski definition) is 5. The lowest BCUT2D eigenvalue weighted by atomic mass is 10.2. The summed E-state index contributed by atoms with van der Waals surface area (Å²) in [6.45, 7) is 5.77. The number of carbonyl (C=O) groups is 1. The second kappa shape index (κ2) is 8.39. The molecule has 0 bridgehead atoms. The van der Waals surface area contributed by atoms with E-state index in [9.17, 15) is 9.59 Å². The van der Waals surface area contributed by atoms with E-state index in [-0.39, 0.29) is 36.2 Å². The Morgan fingerprint density at radius 2 is 2.07 bits per heavy atom. The number of rotatable bonds is 6. The van der Waals surface area contributed by atoms with Crippen molar-refractivity contribution < 1.29 is 9.32 Å². The van der Waals surface area contributed by atoms with Crippen LogP contribution in [0.5, 0.6) is 0 Å². The van der Waals surface area contributed by atoms with E-state index < -0.39 is 0 Å². The van der Waals surface area contributed by atoms with Crippen LogP contribution >= 0.6 is 11.6 Å². The minimum Gasteiger partial charge on any atom is -0.339 e. The third-order valence-electron chi connectivity index (χ3n) is 4.22. The van der Waals surface area contributed by atoms with Crippen LogP contribution in [0.4, 0.5) is 5.69 Å². The summed E-state index contributed by atoms with van der Waals surface area (Å²) in [5, 5.41) is 7.21. The number of benzene rings is 1. The largest absolute Gasteiger partial charge is 0.339 e. The molecule has 3 aromatic rings. The molecule has 7 nitrogen and oxygen atoms in total. The lowest BCUT2D eigenvalue weighted by Crippen LogP contribution is -2.25. The van der Waals surface area contributed by atoms with Gasteiger partial charge in [0.2, 0.25) is 17.6 Å². The van der Waals surface area contributed by atoms with Gasteiger partial charge in [0, 0.05) is 35.3 Å². The van der Waals surface area contributed by atoms with Crippen molar-refractivity contribution in [3.63, 3.8) is 0 Å². The number of aryl methyl sites for hydroxylation is 2. The first-order chi connectivity index (χ1) is 13.3. The van der Waals surface area contributed by atoms with Gasteiger partial charge in [-0.1, -0.05) is 22.8 Å². The van der Waals surface area contributed by atoms with Crippen molar-refractivity contribution in [3.05, 3.63) is 63.4 Å². The van der Waals surface area contributed by atoms with Crippen LogP contribution in [0.15, 0.2) is 45.7 Å². The second-order valence-electron chi connectivity index (χ2n) is 6.73. The second-order valence-corrected chi connectivity index (χ2v) is 7.16. The molecule has 2 aromatic heterocycles. The van der Waals surface area contributed by atoms with Crippen LogP contribution in [0.3, 0.4) is 0 Å². The molecule has 0 aliphatic rings. The normalized spacial score (nSPS) is 11.0. The third-order valence-corrected chi connectivity index (χ3v) is 4.46. The highest BCUT2D eigenvalue weighted by atomic mass is 35.5. The first kappa shape index (κ1) is 19.8. The molecule has 8 heteroatoms. The summed E-state index contributed by atoms with van der Waals surface area (Å²) < 4.78 is 6.90. The molecule has 0 radical (unpaired) electrons. The number of pyridine rings is 1. The quantitative estimate of drug-likeness (QED) is 0.675. The van der Waals surface area contributed by atoms with Crippen LogP contribution < -0.4 is 10.9 Å². The van der Waals surface area contributed by atoms with Gasteiger partial charge in [-0.05, 0) is 51.1 Å². The molecule has 1 aromatic carbocycles. The fourth-order valence-electron chi connectivity index (χ4n) is 2.93. The Morgan fingerprint density at radius 1 is 1.29 bits per heavy atom. The van der Waals surface area contributed by atoms with Crippen LogP contribution in [0.25, 0.3) is 11.4 Å². The summed E-state index contributed by atoms with van der Waals surface area (Å²) >= 11 is 5.90. The number of hydrogen-bond donors (Lipinski definition) is 1. The number of aromatic nitrogens is 3. The minimum atomic E-state index is -0.195. The van der Waals surface area contributed by atoms with Crippen LogP contribution in [0.2, 0.25) is 5.02 Å². The van der Waals surface area contributed by atoms with Gasteiger partial charge in [0.05, 0.1) is 5.56 Å². The molecule has 1 N–H and O–H groups in total. The van der Waals surface area contributed by atoms with E-state index in [1.165, 1.54) is 0 Å². The van der Waals surface area contributed by atoms with Crippen molar-refractivity contribution in [1.82, 2.24) is 14.7 Å². The maximum Gasteiger partial charge on any atom is 0.262 e. The number of nitrogens with zero attached hydrogens (tertiary/aromatic N) is 3. The monoisotopic (exact) mass is 400 g/mol. The fraction of sp³-hybridized carbons (Fsp3) is 0.300. The van der Waals surface area contributed by atoms with Crippen molar-refractivity contribution in [3.8, 4) is 11.4 Å². The average molecular weight is 401 g/mol. The van der Waals surface area contributed by atoms with E-state index in [4.69, 9.17) is 16.1 Å². The van der Waals surface area contributed by atoms with Crippen molar-refractivity contribution in [1.29, 1.82) is 0 Å². The van der Waals surface area contributed by atoms with Crippen molar-refractivity contribution in [2.45, 2.75) is 39.7 Å². The SMILES string of the molecule is Cc1ccc(-c2noc(CCC(=O)Nc3cccc(Cl)c3)n2)c(=O)n1C(C)C. The van der Waals surface area contributed by atoms with Gasteiger partial charge >= 0.3 is 0 Å². The van der Waals surface area contributed by atoms with E-state index >= 15 is 0 Å². The van der Waals surface area contributed by atoms with Crippen LogP contribution in [0, 0.1) is 6.92 Å². The molecule has 0 saturated carbocycles. The molecule has 2 heterocycles. The third kappa shape index (κ3) is 4.48. The lowest BCUT2D eigenvalue weighted by molar-refractivity contribution is -0.116. The highest BCUT2D eigenvalue weighted by molar-refractivity contribution is 6.30. The van der Waals surface area contributed by atoms with Crippen LogP contribution in [0.1, 0.15) is 37.9 Å². The summed E-state index contributed by atoms with van der Waals surface area (Å²) in [5.41, 5.74) is 1.70. The van der Waals surface area contributed by atoms with Crippen molar-refractivity contribution in [2.75, 3.05) is 5.32 Å². The predicted molar refractivity (Wildman–Crippen MR) is 108 cm³/mol. The van der Waals surface area contributed by atoms with Crippen molar-refractivity contribution in [2.24, 2.45) is 0 Å². The Kier molecular flexibility index (Phi) is 5.94. The van der Waals surface area contributed by atoms with Gasteiger partial charge in [-0.25, -0.2) is 0 Å². The summed E-state index contributed by atoms with van der Waals surface area (Å²) in [7, 11) is 0. The molecular formula is C20H21ClN4O3. The smallest absolute Gasteiger partial charge is 0.262 e. The van der Waals surface area contributed by atoms with Gasteiger partial charge in [0.25, 0.3) is 5.56 Å². The number of amides is 1. The molecule has 28 heavy (non-hydrogen) atoms. The molecular weight excluding hydrogens is 380 g/mol. The van der Waals surface area contributed by atoms with Gasteiger partial charge in [-0.15, -0.1) is 0 Å². The van der Waals surface area contributed by atoms with Gasteiger partial charge in [-0.3, -0.25) is 9.59 Å². The van der Waals surface area contributed by atoms with Gasteiger partial charge in [0.15, 0.2) is 0 Å². The zero-order valence-electron chi connectivity index (χ0n) is 15.9. The maximum absolute atomic E-state index is 12.7. The average Bonchev–Trinajstić information content (AvgIpc) is 3.08. The molecule has 146 valence electrons. The van der Waals surface area contributed by atoms with Crippen LogP contribution in [-0.4, -0.2) is 20.6 Å². The van der Waals surface area contributed by atoms with E-state index in [0.29, 0.717) is 22.2 Å². The Bertz CT molecular complexity index is 1060. The highest BCUT2D eigenvalue weighted by Gasteiger charge is 2.16. The first-order valence-electron chi connectivity index (χ1n) is 8.95. The Hall–Kier alpha value is -2.93. The Labute approximate surface area is 167 Å². The van der Waals surface area contributed by atoms with E-state index in [0.717, 1.165) is 5.69 Å². The fourth-order valence-corrected chi connectivity index (χ4v) is 3.12. The first-order valence-corrected chi connectivity index (χ1v) is 9.33. The van der Waals surface area contributed by atoms with E-state index in [1.54, 1.807) is 34.9 Å². The number of halogens is 1. The molecule has 0 spiro atoms. The Balaban J connectivity index is 1.69. The molecule has 1 amide bonds. The van der Waals surface area contributed by atoms with Gasteiger partial charge in [0.1, 0.15) is 0 Å². The molecule has 0 aliphatic heterocycles. The highest BCUT2D eigenvalue weighted by Crippen LogP contribution is 2.17. The minimum absolute atomic E-state index is 0.0222. The molecule has 0 saturated heterocycles. The lowest BCUT2D eigenvalue weighted by Gasteiger charge is -2.14. The topological polar surface area (TPSA) is 90.0 Å². The summed E-state index contributed by atoms with van der Waals surface area (Å²) in [4.78, 5) is 29.1. The van der Waals surface area contributed by atoms with Gasteiger partial charge in [-0.2, -0.15) is 4.98 Å². The summed E-state index contributed by atoms with van der Waals surface area (Å²) in [6, 6.07) is 10.5. The molecule has 0 unspecified atom stereocenters. The zero-order valence-corrected chi connectivity index (χ0v) is 16.7. The molecule has 0 fully saturated rings. The van der Waals surface area contributed by atoms with Gasteiger partial charge < -0.3 is 14.4 Å². The van der Waals surface area contributed by atoms with E-state index in [2.05, 4.69) is 15.5 Å². The Morgan fingerprint density at radius 3 is 2.79 bits per heavy atom. The van der Waals surface area contributed by atoms with Crippen molar-refractivity contribution >= 4 is 23.2 Å². The number of nitrogens with one attached hydrogen (secondary N) is 1. The number of anilines is 1. The van der Waals surface area contributed by atoms with E-state index in [1.807, 2.05) is 26.8 Å². The summed E-state index contributed by atoms with van der Waals surface area (Å²) in [6.07, 6.45) is 0.432. The summed E-state index contributed by atoms with van der Waals surface area (Å²) in [5.74, 6) is 0.330. The zero-order chi connectivity index (χ0) is 20.3. The number of carbonyl (C=O) groups excluding carboxylic acids is 1. The molecule has 3 rings (SSSR count). The predicted octanol–water partition coefficient (Wildman–Crippen LogP) is 4.01. The molecule has 0 aliphatic carbocycles.